The summed E-state index contributed by atoms with van der Waals surface area (Å²) in [6.45, 7) is 4.63. The lowest BCUT2D eigenvalue weighted by atomic mass is 9.93. The van der Waals surface area contributed by atoms with Gasteiger partial charge in [0.2, 0.25) is 11.8 Å². The summed E-state index contributed by atoms with van der Waals surface area (Å²) in [4.78, 5) is 20.6. The quantitative estimate of drug-likeness (QED) is 0.578. The van der Waals surface area contributed by atoms with E-state index in [1.165, 1.54) is 24.0 Å². The average molecular weight is 488 g/mol. The van der Waals surface area contributed by atoms with Gasteiger partial charge in [0, 0.05) is 50.4 Å². The Hall–Kier alpha value is -2.99. The minimum absolute atomic E-state index is 0.198. The first kappa shape index (κ1) is 23.4. The SMILES string of the molecule is O=C(C1CCCC1)N1c2ccccc2CCC1CN1CCN(C2=COC(C3=CC=CCC3)=CO2)CC1. The van der Waals surface area contributed by atoms with Gasteiger partial charge in [-0.25, -0.2) is 0 Å². The molecule has 6 rings (SSSR count). The molecule has 3 aliphatic heterocycles. The molecule has 2 fully saturated rings. The Labute approximate surface area is 214 Å². The molecule has 0 aromatic heterocycles. The maximum atomic E-state index is 13.7. The minimum Gasteiger partial charge on any atom is -0.456 e. The molecule has 0 radical (unpaired) electrons. The number of piperazine rings is 1. The van der Waals surface area contributed by atoms with Crippen molar-refractivity contribution in [3.05, 3.63) is 77.8 Å². The standard InChI is InChI=1S/C30H37N3O3/c34-30(25-11-4-5-12-25)33-26(15-14-23-8-6-7-13-27(23)33)20-31-16-18-32(19-17-31)29-22-35-28(21-36-29)24-9-2-1-3-10-24/h1-2,6-9,13,21-22,25-26H,3-5,10-12,14-20H2. The van der Waals surface area contributed by atoms with Gasteiger partial charge in [-0.2, -0.15) is 0 Å². The third-order valence-electron chi connectivity index (χ3n) is 8.36. The summed E-state index contributed by atoms with van der Waals surface area (Å²) in [5, 5.41) is 0. The monoisotopic (exact) mass is 487 g/mol. The van der Waals surface area contributed by atoms with E-state index in [2.05, 4.69) is 57.2 Å². The Morgan fingerprint density at radius 2 is 1.78 bits per heavy atom. The van der Waals surface area contributed by atoms with Crippen molar-refractivity contribution >= 4 is 11.6 Å². The van der Waals surface area contributed by atoms with Gasteiger partial charge in [0.1, 0.15) is 6.26 Å². The molecule has 1 amide bonds. The van der Waals surface area contributed by atoms with Gasteiger partial charge in [0.25, 0.3) is 0 Å². The third kappa shape index (κ3) is 4.83. The number of fused-ring (bicyclic) bond motifs is 1. The lowest BCUT2D eigenvalue weighted by Crippen LogP contribution is -2.54. The highest BCUT2D eigenvalue weighted by atomic mass is 16.6. The number of hydrogen-bond donors (Lipinski definition) is 0. The molecule has 6 nitrogen and oxygen atoms in total. The molecule has 6 heteroatoms. The van der Waals surface area contributed by atoms with Crippen LogP contribution in [-0.2, 0) is 20.7 Å². The molecule has 0 N–H and O–H groups in total. The first-order valence-electron chi connectivity index (χ1n) is 13.7. The van der Waals surface area contributed by atoms with E-state index in [4.69, 9.17) is 9.47 Å². The summed E-state index contributed by atoms with van der Waals surface area (Å²) in [6, 6.07) is 8.78. The molecule has 1 saturated heterocycles. The fourth-order valence-electron chi connectivity index (χ4n) is 6.29. The number of benzene rings is 1. The fourth-order valence-corrected chi connectivity index (χ4v) is 6.29. The highest BCUT2D eigenvalue weighted by Gasteiger charge is 2.37. The molecule has 5 aliphatic rings. The summed E-state index contributed by atoms with van der Waals surface area (Å²) in [5.41, 5.74) is 3.65. The van der Waals surface area contributed by atoms with Crippen LogP contribution in [-0.4, -0.2) is 54.5 Å². The van der Waals surface area contributed by atoms with E-state index in [0.29, 0.717) is 5.91 Å². The second kappa shape index (κ2) is 10.6. The average Bonchev–Trinajstić information content (AvgIpc) is 3.49. The maximum Gasteiger partial charge on any atom is 0.231 e. The molecule has 1 unspecified atom stereocenters. The third-order valence-corrected chi connectivity index (χ3v) is 8.36. The number of ether oxygens (including phenoxy) is 2. The van der Waals surface area contributed by atoms with E-state index in [-0.39, 0.29) is 12.0 Å². The number of allylic oxidation sites excluding steroid dienone is 4. The van der Waals surface area contributed by atoms with Gasteiger partial charge >= 0.3 is 0 Å². The number of rotatable bonds is 5. The normalized spacial score (nSPS) is 24.9. The highest BCUT2D eigenvalue weighted by Crippen LogP contribution is 2.36. The molecule has 3 heterocycles. The van der Waals surface area contributed by atoms with Gasteiger partial charge in [-0.3, -0.25) is 9.69 Å². The topological polar surface area (TPSA) is 45.3 Å². The lowest BCUT2D eigenvalue weighted by Gasteiger charge is -2.43. The van der Waals surface area contributed by atoms with Crippen molar-refractivity contribution in [1.82, 2.24) is 9.80 Å². The molecule has 190 valence electrons. The zero-order valence-corrected chi connectivity index (χ0v) is 21.1. The summed E-state index contributed by atoms with van der Waals surface area (Å²) in [5.74, 6) is 2.15. The zero-order chi connectivity index (χ0) is 24.3. The molecule has 0 spiro atoms. The molecular weight excluding hydrogens is 450 g/mol. The second-order valence-corrected chi connectivity index (χ2v) is 10.6. The van der Waals surface area contributed by atoms with E-state index >= 15 is 0 Å². The second-order valence-electron chi connectivity index (χ2n) is 10.6. The van der Waals surface area contributed by atoms with Crippen LogP contribution >= 0.6 is 0 Å². The van der Waals surface area contributed by atoms with Crippen molar-refractivity contribution in [2.45, 2.75) is 57.4 Å². The number of para-hydroxylation sites is 1. The predicted octanol–water partition coefficient (Wildman–Crippen LogP) is 5.11. The van der Waals surface area contributed by atoms with Crippen LogP contribution in [0.25, 0.3) is 0 Å². The Morgan fingerprint density at radius 3 is 2.53 bits per heavy atom. The van der Waals surface area contributed by atoms with Gasteiger partial charge < -0.3 is 19.3 Å². The largest absolute Gasteiger partial charge is 0.456 e. The molecule has 1 atom stereocenters. The summed E-state index contributed by atoms with van der Waals surface area (Å²) >= 11 is 0. The van der Waals surface area contributed by atoms with Crippen LogP contribution in [0.4, 0.5) is 5.69 Å². The van der Waals surface area contributed by atoms with Gasteiger partial charge in [0.05, 0.1) is 0 Å². The number of nitrogens with zero attached hydrogens (tertiary/aromatic N) is 3. The van der Waals surface area contributed by atoms with Gasteiger partial charge in [-0.15, -0.1) is 0 Å². The van der Waals surface area contributed by atoms with Gasteiger partial charge in [-0.05, 0) is 55.7 Å². The van der Waals surface area contributed by atoms with Crippen molar-refractivity contribution in [3.63, 3.8) is 0 Å². The van der Waals surface area contributed by atoms with Crippen molar-refractivity contribution in [2.75, 3.05) is 37.6 Å². The smallest absolute Gasteiger partial charge is 0.231 e. The Morgan fingerprint density at radius 1 is 0.944 bits per heavy atom. The number of hydrogen-bond acceptors (Lipinski definition) is 5. The van der Waals surface area contributed by atoms with Crippen molar-refractivity contribution < 1.29 is 14.3 Å². The number of anilines is 1. The van der Waals surface area contributed by atoms with E-state index < -0.39 is 0 Å². The first-order chi connectivity index (χ1) is 17.8. The summed E-state index contributed by atoms with van der Waals surface area (Å²) in [6.07, 6.45) is 18.4. The molecule has 1 saturated carbocycles. The van der Waals surface area contributed by atoms with E-state index in [9.17, 15) is 4.79 Å². The Bertz CT molecular complexity index is 1090. The number of aryl methyl sites for hydroxylation is 1. The van der Waals surface area contributed by atoms with Gasteiger partial charge in [0.15, 0.2) is 12.0 Å². The molecule has 36 heavy (non-hydrogen) atoms. The van der Waals surface area contributed by atoms with Crippen LogP contribution in [0.5, 0.6) is 0 Å². The summed E-state index contributed by atoms with van der Waals surface area (Å²) < 4.78 is 11.9. The summed E-state index contributed by atoms with van der Waals surface area (Å²) in [7, 11) is 0. The number of carbonyl (C=O) groups excluding carboxylic acids is 1. The molecule has 2 aliphatic carbocycles. The Kier molecular flexibility index (Phi) is 6.86. The predicted molar refractivity (Wildman–Crippen MR) is 141 cm³/mol. The minimum atomic E-state index is 0.198. The van der Waals surface area contributed by atoms with Crippen LogP contribution in [0.2, 0.25) is 0 Å². The van der Waals surface area contributed by atoms with Crippen molar-refractivity contribution in [3.8, 4) is 0 Å². The lowest BCUT2D eigenvalue weighted by molar-refractivity contribution is -0.123. The molecule has 0 bridgehead atoms. The van der Waals surface area contributed by atoms with Crippen LogP contribution in [0.15, 0.2) is 72.2 Å². The molecule has 1 aromatic carbocycles. The van der Waals surface area contributed by atoms with Crippen molar-refractivity contribution in [2.24, 2.45) is 5.92 Å². The molecular formula is C30H37N3O3. The zero-order valence-electron chi connectivity index (χ0n) is 21.1. The maximum absolute atomic E-state index is 13.7. The van der Waals surface area contributed by atoms with Crippen LogP contribution in [0, 0.1) is 5.92 Å². The van der Waals surface area contributed by atoms with Crippen LogP contribution < -0.4 is 4.90 Å². The van der Waals surface area contributed by atoms with E-state index in [1.807, 2.05) is 0 Å². The van der Waals surface area contributed by atoms with Gasteiger partial charge in [-0.1, -0.05) is 49.3 Å². The molecule has 1 aromatic rings. The number of amides is 1. The fraction of sp³-hybridized carbons (Fsp3) is 0.500. The van der Waals surface area contributed by atoms with E-state index in [0.717, 1.165) is 88.6 Å². The number of carbonyl (C=O) groups is 1. The Balaban J connectivity index is 1.07. The first-order valence-corrected chi connectivity index (χ1v) is 13.7. The van der Waals surface area contributed by atoms with Crippen molar-refractivity contribution in [1.29, 1.82) is 0 Å². The van der Waals surface area contributed by atoms with Crippen LogP contribution in [0.3, 0.4) is 0 Å². The van der Waals surface area contributed by atoms with E-state index in [1.54, 1.807) is 12.5 Å². The van der Waals surface area contributed by atoms with Crippen LogP contribution in [0.1, 0.15) is 50.5 Å². The highest BCUT2D eigenvalue weighted by molar-refractivity contribution is 5.97.